The Kier molecular flexibility index (Phi) is 3.85. The fourth-order valence-corrected chi connectivity index (χ4v) is 2.07. The minimum atomic E-state index is -0.487. The molecule has 1 saturated heterocycles. The molecule has 18 heavy (non-hydrogen) atoms. The van der Waals surface area contributed by atoms with E-state index in [1.807, 2.05) is 0 Å². The Balaban J connectivity index is 2.20. The number of hydrogen-bond acceptors (Lipinski definition) is 4. The second-order valence-corrected chi connectivity index (χ2v) is 4.61. The zero-order chi connectivity index (χ0) is 13.2. The van der Waals surface area contributed by atoms with Crippen LogP contribution in [0.4, 0.5) is 4.39 Å². The fourth-order valence-electron chi connectivity index (χ4n) is 2.07. The topological polar surface area (TPSA) is 64.7 Å². The number of hydrogen-bond donors (Lipinski definition) is 2. The summed E-state index contributed by atoms with van der Waals surface area (Å²) in [7, 11) is 0. The highest BCUT2D eigenvalue weighted by molar-refractivity contribution is 5.32. The molecule has 1 aliphatic heterocycles. The molecule has 1 heterocycles. The fraction of sp³-hybridized carbons (Fsp3) is 0.538. The van der Waals surface area contributed by atoms with Gasteiger partial charge < -0.3 is 20.3 Å². The van der Waals surface area contributed by atoms with Crippen LogP contribution < -0.4 is 10.5 Å². The molecule has 1 fully saturated rings. The van der Waals surface area contributed by atoms with Crippen LogP contribution in [0, 0.1) is 11.2 Å². The summed E-state index contributed by atoms with van der Waals surface area (Å²) < 4.78 is 24.0. The summed E-state index contributed by atoms with van der Waals surface area (Å²) in [5.41, 5.74) is 6.25. The van der Waals surface area contributed by atoms with Crippen molar-refractivity contribution in [1.29, 1.82) is 0 Å². The molecule has 0 bridgehead atoms. The van der Waals surface area contributed by atoms with Crippen LogP contribution in [-0.4, -0.2) is 31.5 Å². The lowest BCUT2D eigenvalue weighted by molar-refractivity contribution is -0.150. The van der Waals surface area contributed by atoms with Gasteiger partial charge in [0.15, 0.2) is 11.6 Å². The molecule has 2 rings (SSSR count). The minimum absolute atomic E-state index is 0.0665. The molecule has 1 aliphatic rings. The standard InChI is InChI=1S/C13H18FNO3/c1-2-18-11-4-3-9(5-10(11)14)12(15)13(6-16)7-17-8-13/h3-5,12,16H,2,6-8,15H2,1H3. The Morgan fingerprint density at radius 1 is 1.56 bits per heavy atom. The van der Waals surface area contributed by atoms with Gasteiger partial charge in [0, 0.05) is 6.04 Å². The van der Waals surface area contributed by atoms with Crippen molar-refractivity contribution in [2.24, 2.45) is 11.1 Å². The van der Waals surface area contributed by atoms with Crippen LogP contribution in [0.5, 0.6) is 5.75 Å². The summed E-state index contributed by atoms with van der Waals surface area (Å²) in [6, 6.07) is 4.22. The Morgan fingerprint density at radius 3 is 2.72 bits per heavy atom. The quantitative estimate of drug-likeness (QED) is 0.830. The van der Waals surface area contributed by atoms with Crippen molar-refractivity contribution in [3.63, 3.8) is 0 Å². The van der Waals surface area contributed by atoms with Gasteiger partial charge in [-0.05, 0) is 24.6 Å². The number of benzene rings is 1. The van der Waals surface area contributed by atoms with Crippen molar-refractivity contribution in [1.82, 2.24) is 0 Å². The number of rotatable bonds is 5. The number of aliphatic hydroxyl groups excluding tert-OH is 1. The van der Waals surface area contributed by atoms with E-state index < -0.39 is 17.3 Å². The van der Waals surface area contributed by atoms with Crippen LogP contribution in [0.3, 0.4) is 0 Å². The first kappa shape index (κ1) is 13.3. The van der Waals surface area contributed by atoms with Gasteiger partial charge in [-0.1, -0.05) is 6.07 Å². The first-order valence-corrected chi connectivity index (χ1v) is 5.99. The van der Waals surface area contributed by atoms with Gasteiger partial charge in [0.05, 0.1) is 31.8 Å². The first-order valence-electron chi connectivity index (χ1n) is 5.99. The highest BCUT2D eigenvalue weighted by Gasteiger charge is 2.44. The molecule has 0 aromatic heterocycles. The zero-order valence-corrected chi connectivity index (χ0v) is 10.4. The van der Waals surface area contributed by atoms with E-state index in [2.05, 4.69) is 0 Å². The van der Waals surface area contributed by atoms with E-state index in [1.165, 1.54) is 6.07 Å². The number of aliphatic hydroxyl groups is 1. The van der Waals surface area contributed by atoms with Gasteiger partial charge in [0.2, 0.25) is 0 Å². The third-order valence-electron chi connectivity index (χ3n) is 3.37. The summed E-state index contributed by atoms with van der Waals surface area (Å²) >= 11 is 0. The number of nitrogens with two attached hydrogens (primary N) is 1. The summed E-state index contributed by atoms with van der Waals surface area (Å²) in [4.78, 5) is 0. The normalized spacial score (nSPS) is 19.1. The van der Waals surface area contributed by atoms with E-state index in [4.69, 9.17) is 15.2 Å². The van der Waals surface area contributed by atoms with Crippen molar-refractivity contribution in [2.45, 2.75) is 13.0 Å². The predicted molar refractivity (Wildman–Crippen MR) is 64.8 cm³/mol. The number of ether oxygens (including phenoxy) is 2. The van der Waals surface area contributed by atoms with Crippen molar-refractivity contribution in [3.05, 3.63) is 29.6 Å². The van der Waals surface area contributed by atoms with Crippen molar-refractivity contribution >= 4 is 0 Å². The van der Waals surface area contributed by atoms with Crippen LogP contribution in [0.1, 0.15) is 18.5 Å². The summed E-state index contributed by atoms with van der Waals surface area (Å²) in [5.74, 6) is -0.213. The molecule has 0 aliphatic carbocycles. The lowest BCUT2D eigenvalue weighted by Crippen LogP contribution is -2.52. The van der Waals surface area contributed by atoms with Gasteiger partial charge in [-0.25, -0.2) is 4.39 Å². The largest absolute Gasteiger partial charge is 0.491 e. The number of halogens is 1. The highest BCUT2D eigenvalue weighted by Crippen LogP contribution is 2.39. The monoisotopic (exact) mass is 255 g/mol. The van der Waals surface area contributed by atoms with Gasteiger partial charge in [-0.15, -0.1) is 0 Å². The Bertz CT molecular complexity index is 415. The van der Waals surface area contributed by atoms with Gasteiger partial charge in [-0.3, -0.25) is 0 Å². The minimum Gasteiger partial charge on any atom is -0.491 e. The average Bonchev–Trinajstić information content (AvgIpc) is 2.31. The average molecular weight is 255 g/mol. The molecule has 0 amide bonds. The van der Waals surface area contributed by atoms with Crippen LogP contribution in [0.2, 0.25) is 0 Å². The maximum absolute atomic E-state index is 13.7. The summed E-state index contributed by atoms with van der Waals surface area (Å²) in [6.07, 6.45) is 0. The SMILES string of the molecule is CCOc1ccc(C(N)C2(CO)COC2)cc1F. The third-order valence-corrected chi connectivity index (χ3v) is 3.37. The predicted octanol–water partition coefficient (Wildman–Crippen LogP) is 1.23. The van der Waals surface area contributed by atoms with Gasteiger partial charge >= 0.3 is 0 Å². The second kappa shape index (κ2) is 5.22. The molecule has 0 spiro atoms. The van der Waals surface area contributed by atoms with Crippen molar-refractivity contribution in [2.75, 3.05) is 26.4 Å². The van der Waals surface area contributed by atoms with E-state index in [0.717, 1.165) is 0 Å². The molecule has 3 N–H and O–H groups in total. The Labute approximate surface area is 106 Å². The van der Waals surface area contributed by atoms with Gasteiger partial charge in [0.1, 0.15) is 0 Å². The molecule has 5 heteroatoms. The van der Waals surface area contributed by atoms with Crippen molar-refractivity contribution < 1.29 is 19.0 Å². The van der Waals surface area contributed by atoms with Crippen LogP contribution in [0.15, 0.2) is 18.2 Å². The van der Waals surface area contributed by atoms with Crippen LogP contribution in [-0.2, 0) is 4.74 Å². The van der Waals surface area contributed by atoms with Crippen LogP contribution >= 0.6 is 0 Å². The molecule has 1 unspecified atom stereocenters. The molecule has 1 atom stereocenters. The molecular formula is C13H18FNO3. The molecule has 1 aromatic rings. The van der Waals surface area contributed by atoms with E-state index >= 15 is 0 Å². The molecule has 0 saturated carbocycles. The zero-order valence-electron chi connectivity index (χ0n) is 10.4. The first-order chi connectivity index (χ1) is 8.63. The molecule has 100 valence electrons. The smallest absolute Gasteiger partial charge is 0.165 e. The summed E-state index contributed by atoms with van der Waals surface area (Å²) in [6.45, 7) is 2.95. The van der Waals surface area contributed by atoms with E-state index in [1.54, 1.807) is 19.1 Å². The van der Waals surface area contributed by atoms with E-state index in [-0.39, 0.29) is 12.4 Å². The van der Waals surface area contributed by atoms with Crippen LogP contribution in [0.25, 0.3) is 0 Å². The van der Waals surface area contributed by atoms with E-state index in [9.17, 15) is 9.50 Å². The second-order valence-electron chi connectivity index (χ2n) is 4.61. The van der Waals surface area contributed by atoms with Gasteiger partial charge in [-0.2, -0.15) is 0 Å². The van der Waals surface area contributed by atoms with Crippen molar-refractivity contribution in [3.8, 4) is 5.75 Å². The van der Waals surface area contributed by atoms with E-state index in [0.29, 0.717) is 25.4 Å². The lowest BCUT2D eigenvalue weighted by Gasteiger charge is -2.44. The Hall–Kier alpha value is -1.17. The summed E-state index contributed by atoms with van der Waals surface area (Å²) in [5, 5.41) is 9.40. The maximum Gasteiger partial charge on any atom is 0.165 e. The maximum atomic E-state index is 13.7. The molecule has 4 nitrogen and oxygen atoms in total. The Morgan fingerprint density at radius 2 is 2.28 bits per heavy atom. The highest BCUT2D eigenvalue weighted by atomic mass is 19.1. The lowest BCUT2D eigenvalue weighted by atomic mass is 9.76. The molecule has 0 radical (unpaired) electrons. The molecule has 1 aromatic carbocycles. The molecular weight excluding hydrogens is 237 g/mol. The third kappa shape index (κ3) is 2.21. The van der Waals surface area contributed by atoms with Gasteiger partial charge in [0.25, 0.3) is 0 Å².